The smallest absolute Gasteiger partial charge is 0.387 e. The van der Waals surface area contributed by atoms with E-state index in [-0.39, 0.29) is 23.1 Å². The molecular weight excluding hydrogens is 324 g/mol. The largest absolute Gasteiger partial charge is 0.497 e. The van der Waals surface area contributed by atoms with Crippen molar-refractivity contribution in [2.45, 2.75) is 11.5 Å². The number of nitrogens with one attached hydrogen (secondary N) is 1. The predicted octanol–water partition coefficient (Wildman–Crippen LogP) is 4.03. The standard InChI is InChI=1S/C16H15F2NO3S/c1-21-11-6-8-12(9-7-11)23-10-15(20)19-13-4-2-3-5-14(13)22-16(17)18/h2-9,16H,10H2,1H3,(H,19,20). The van der Waals surface area contributed by atoms with Crippen LogP contribution in [0.2, 0.25) is 0 Å². The average molecular weight is 339 g/mol. The number of alkyl halides is 2. The summed E-state index contributed by atoms with van der Waals surface area (Å²) in [5.74, 6) is 0.508. The van der Waals surface area contributed by atoms with Gasteiger partial charge in [0.15, 0.2) is 0 Å². The second kappa shape index (κ2) is 8.38. The number of rotatable bonds is 7. The topological polar surface area (TPSA) is 47.6 Å². The lowest BCUT2D eigenvalue weighted by molar-refractivity contribution is -0.113. The molecule has 0 heterocycles. The van der Waals surface area contributed by atoms with E-state index in [1.54, 1.807) is 31.4 Å². The number of carbonyl (C=O) groups is 1. The van der Waals surface area contributed by atoms with E-state index >= 15 is 0 Å². The maximum absolute atomic E-state index is 12.3. The summed E-state index contributed by atoms with van der Waals surface area (Å²) in [6.07, 6.45) is 0. The first-order valence-corrected chi connectivity index (χ1v) is 7.67. The average Bonchev–Trinajstić information content (AvgIpc) is 2.55. The number of benzene rings is 2. The van der Waals surface area contributed by atoms with Gasteiger partial charge in [0, 0.05) is 4.90 Å². The van der Waals surface area contributed by atoms with E-state index in [1.165, 1.54) is 23.9 Å². The normalized spacial score (nSPS) is 10.4. The molecule has 2 aromatic rings. The highest BCUT2D eigenvalue weighted by Crippen LogP contribution is 2.26. The van der Waals surface area contributed by atoms with E-state index in [2.05, 4.69) is 10.1 Å². The van der Waals surface area contributed by atoms with Crippen LogP contribution < -0.4 is 14.8 Å². The Balaban J connectivity index is 1.91. The van der Waals surface area contributed by atoms with Crippen molar-refractivity contribution in [3.05, 3.63) is 48.5 Å². The van der Waals surface area contributed by atoms with Gasteiger partial charge < -0.3 is 14.8 Å². The number of para-hydroxylation sites is 2. The van der Waals surface area contributed by atoms with Crippen LogP contribution in [0, 0.1) is 0 Å². The number of halogens is 2. The Bertz CT molecular complexity index is 650. The molecule has 0 aliphatic carbocycles. The van der Waals surface area contributed by atoms with E-state index in [1.807, 2.05) is 12.1 Å². The Hall–Kier alpha value is -2.28. The first kappa shape index (κ1) is 17.1. The maximum Gasteiger partial charge on any atom is 0.387 e. The number of methoxy groups -OCH3 is 1. The number of carbonyl (C=O) groups excluding carboxylic acids is 1. The van der Waals surface area contributed by atoms with Gasteiger partial charge in [-0.1, -0.05) is 12.1 Å². The van der Waals surface area contributed by atoms with Gasteiger partial charge in [-0.3, -0.25) is 4.79 Å². The summed E-state index contributed by atoms with van der Waals surface area (Å²) in [5, 5.41) is 2.57. The van der Waals surface area contributed by atoms with Crippen LogP contribution >= 0.6 is 11.8 Å². The summed E-state index contributed by atoms with van der Waals surface area (Å²) in [4.78, 5) is 12.8. The van der Waals surface area contributed by atoms with Crippen LogP contribution in [0.1, 0.15) is 0 Å². The zero-order chi connectivity index (χ0) is 16.7. The maximum atomic E-state index is 12.3. The van der Waals surface area contributed by atoms with Crippen molar-refractivity contribution in [2.24, 2.45) is 0 Å². The molecule has 0 saturated carbocycles. The summed E-state index contributed by atoms with van der Waals surface area (Å²) in [5.41, 5.74) is 0.216. The van der Waals surface area contributed by atoms with Gasteiger partial charge in [-0.2, -0.15) is 8.78 Å². The molecule has 23 heavy (non-hydrogen) atoms. The number of hydrogen-bond donors (Lipinski definition) is 1. The van der Waals surface area contributed by atoms with Crippen LogP contribution in [0.25, 0.3) is 0 Å². The Morgan fingerprint density at radius 1 is 1.17 bits per heavy atom. The van der Waals surface area contributed by atoms with Gasteiger partial charge in [0.05, 0.1) is 18.6 Å². The van der Waals surface area contributed by atoms with Gasteiger partial charge in [0.2, 0.25) is 5.91 Å². The van der Waals surface area contributed by atoms with E-state index in [0.717, 1.165) is 10.6 Å². The number of amides is 1. The minimum Gasteiger partial charge on any atom is -0.497 e. The Kier molecular flexibility index (Phi) is 6.22. The van der Waals surface area contributed by atoms with Gasteiger partial charge in [-0.25, -0.2) is 0 Å². The molecule has 0 aliphatic rings. The van der Waals surface area contributed by atoms with Crippen LogP contribution in [-0.4, -0.2) is 25.4 Å². The Morgan fingerprint density at radius 2 is 1.87 bits per heavy atom. The lowest BCUT2D eigenvalue weighted by atomic mass is 10.3. The van der Waals surface area contributed by atoms with Gasteiger partial charge in [-0.05, 0) is 36.4 Å². The minimum absolute atomic E-state index is 0.0645. The Labute approximate surface area is 136 Å². The summed E-state index contributed by atoms with van der Waals surface area (Å²) >= 11 is 1.33. The third-order valence-electron chi connectivity index (χ3n) is 2.81. The monoisotopic (exact) mass is 339 g/mol. The van der Waals surface area contributed by atoms with E-state index < -0.39 is 6.61 Å². The summed E-state index contributed by atoms with van der Waals surface area (Å²) in [6, 6.07) is 13.3. The van der Waals surface area contributed by atoms with E-state index in [9.17, 15) is 13.6 Å². The van der Waals surface area contributed by atoms with Gasteiger partial charge in [0.1, 0.15) is 11.5 Å². The molecule has 4 nitrogen and oxygen atoms in total. The predicted molar refractivity (Wildman–Crippen MR) is 85.4 cm³/mol. The van der Waals surface area contributed by atoms with Crippen LogP contribution in [0.3, 0.4) is 0 Å². The van der Waals surface area contributed by atoms with Crippen molar-refractivity contribution in [1.29, 1.82) is 0 Å². The van der Waals surface area contributed by atoms with Crippen molar-refractivity contribution in [2.75, 3.05) is 18.2 Å². The zero-order valence-electron chi connectivity index (χ0n) is 12.3. The van der Waals surface area contributed by atoms with Crippen LogP contribution in [-0.2, 0) is 4.79 Å². The molecule has 0 radical (unpaired) electrons. The lowest BCUT2D eigenvalue weighted by Gasteiger charge is -2.11. The summed E-state index contributed by atoms with van der Waals surface area (Å²) < 4.78 is 34.1. The lowest BCUT2D eigenvalue weighted by Crippen LogP contribution is -2.15. The first-order valence-electron chi connectivity index (χ1n) is 6.69. The zero-order valence-corrected chi connectivity index (χ0v) is 13.1. The third kappa shape index (κ3) is 5.45. The first-order chi connectivity index (χ1) is 11.1. The van der Waals surface area contributed by atoms with Crippen molar-refractivity contribution in [3.63, 3.8) is 0 Å². The second-order valence-electron chi connectivity index (χ2n) is 4.39. The molecule has 122 valence electrons. The molecule has 0 spiro atoms. The quantitative estimate of drug-likeness (QED) is 0.774. The Morgan fingerprint density at radius 3 is 2.52 bits per heavy atom. The highest BCUT2D eigenvalue weighted by Gasteiger charge is 2.11. The van der Waals surface area contributed by atoms with Crippen LogP contribution in [0.5, 0.6) is 11.5 Å². The molecule has 0 aromatic heterocycles. The van der Waals surface area contributed by atoms with E-state index in [0.29, 0.717) is 0 Å². The second-order valence-corrected chi connectivity index (χ2v) is 5.44. The van der Waals surface area contributed by atoms with Crippen LogP contribution in [0.15, 0.2) is 53.4 Å². The summed E-state index contributed by atoms with van der Waals surface area (Å²) in [6.45, 7) is -2.94. The fraction of sp³-hybridized carbons (Fsp3) is 0.188. The highest BCUT2D eigenvalue weighted by molar-refractivity contribution is 8.00. The molecule has 1 N–H and O–H groups in total. The minimum atomic E-state index is -2.94. The van der Waals surface area contributed by atoms with E-state index in [4.69, 9.17) is 4.74 Å². The van der Waals surface area contributed by atoms with Crippen molar-refractivity contribution in [1.82, 2.24) is 0 Å². The third-order valence-corrected chi connectivity index (χ3v) is 3.82. The number of anilines is 1. The molecule has 2 aromatic carbocycles. The van der Waals surface area contributed by atoms with Gasteiger partial charge in [0.25, 0.3) is 0 Å². The van der Waals surface area contributed by atoms with Crippen molar-refractivity contribution >= 4 is 23.4 Å². The molecule has 0 atom stereocenters. The molecule has 2 rings (SSSR count). The van der Waals surface area contributed by atoms with Crippen molar-refractivity contribution < 1.29 is 23.0 Å². The number of thioether (sulfide) groups is 1. The number of ether oxygens (including phenoxy) is 2. The van der Waals surface area contributed by atoms with Gasteiger partial charge >= 0.3 is 6.61 Å². The fourth-order valence-corrected chi connectivity index (χ4v) is 2.47. The highest BCUT2D eigenvalue weighted by atomic mass is 32.2. The van der Waals surface area contributed by atoms with Crippen LogP contribution in [0.4, 0.5) is 14.5 Å². The molecule has 0 saturated heterocycles. The number of hydrogen-bond acceptors (Lipinski definition) is 4. The molecule has 0 aliphatic heterocycles. The SMILES string of the molecule is COc1ccc(SCC(=O)Nc2ccccc2OC(F)F)cc1. The van der Waals surface area contributed by atoms with Crippen molar-refractivity contribution in [3.8, 4) is 11.5 Å². The molecule has 1 amide bonds. The molecule has 7 heteroatoms. The molecule has 0 bridgehead atoms. The molecule has 0 fully saturated rings. The van der Waals surface area contributed by atoms with Gasteiger partial charge in [-0.15, -0.1) is 11.8 Å². The summed E-state index contributed by atoms with van der Waals surface area (Å²) in [7, 11) is 1.58. The molecule has 0 unspecified atom stereocenters. The molecular formula is C16H15F2NO3S. The fourth-order valence-electron chi connectivity index (χ4n) is 1.78.